The molecule has 0 saturated carbocycles. The van der Waals surface area contributed by atoms with Crippen molar-refractivity contribution in [2.45, 2.75) is 32.2 Å². The van der Waals surface area contributed by atoms with Crippen LogP contribution in [0.15, 0.2) is 18.2 Å². The van der Waals surface area contributed by atoms with Crippen molar-refractivity contribution >= 4 is 0 Å². The second-order valence-electron chi connectivity index (χ2n) is 4.92. The van der Waals surface area contributed by atoms with Crippen LogP contribution in [0.1, 0.15) is 25.5 Å². The summed E-state index contributed by atoms with van der Waals surface area (Å²) in [7, 11) is 1.57. The normalized spacial score (nSPS) is 15.5. The SMILES string of the molecule is COCC(C)OCC(O)COc1cc(F)ccc1C(C)O. The molecule has 0 fully saturated rings. The molecule has 0 aliphatic carbocycles. The molecule has 1 aromatic rings. The second-order valence-corrected chi connectivity index (χ2v) is 4.92. The van der Waals surface area contributed by atoms with Gasteiger partial charge in [0.1, 0.15) is 24.3 Å². The van der Waals surface area contributed by atoms with Gasteiger partial charge in [-0.25, -0.2) is 4.39 Å². The molecule has 0 radical (unpaired) electrons. The van der Waals surface area contributed by atoms with E-state index in [2.05, 4.69) is 0 Å². The van der Waals surface area contributed by atoms with Crippen LogP contribution in [-0.4, -0.2) is 49.4 Å². The highest BCUT2D eigenvalue weighted by molar-refractivity contribution is 5.35. The first kappa shape index (κ1) is 17.8. The fraction of sp³-hybridized carbons (Fsp3) is 0.600. The van der Waals surface area contributed by atoms with Gasteiger partial charge in [0.25, 0.3) is 0 Å². The number of halogens is 1. The summed E-state index contributed by atoms with van der Waals surface area (Å²) in [5.74, 6) is -0.247. The summed E-state index contributed by atoms with van der Waals surface area (Å²) in [6, 6.07) is 3.89. The molecular weight excluding hydrogens is 279 g/mol. The van der Waals surface area contributed by atoms with Gasteiger partial charge in [-0.05, 0) is 26.0 Å². The minimum Gasteiger partial charge on any atom is -0.490 e. The van der Waals surface area contributed by atoms with E-state index in [-0.39, 0.29) is 25.1 Å². The number of benzene rings is 1. The Hall–Kier alpha value is -1.21. The molecule has 1 rings (SSSR count). The van der Waals surface area contributed by atoms with Crippen LogP contribution in [0.2, 0.25) is 0 Å². The van der Waals surface area contributed by atoms with Gasteiger partial charge in [-0.3, -0.25) is 0 Å². The predicted molar refractivity (Wildman–Crippen MR) is 75.8 cm³/mol. The monoisotopic (exact) mass is 302 g/mol. The van der Waals surface area contributed by atoms with E-state index in [0.29, 0.717) is 12.2 Å². The Morgan fingerprint density at radius 1 is 1.14 bits per heavy atom. The Balaban J connectivity index is 2.49. The van der Waals surface area contributed by atoms with Gasteiger partial charge in [0, 0.05) is 18.7 Å². The summed E-state index contributed by atoms with van der Waals surface area (Å²) in [6.07, 6.45) is -1.77. The maximum absolute atomic E-state index is 13.2. The molecule has 0 aliphatic heterocycles. The molecule has 2 N–H and O–H groups in total. The quantitative estimate of drug-likeness (QED) is 0.726. The molecule has 6 heteroatoms. The zero-order valence-electron chi connectivity index (χ0n) is 12.6. The lowest BCUT2D eigenvalue weighted by atomic mass is 10.1. The highest BCUT2D eigenvalue weighted by Gasteiger charge is 2.13. The van der Waals surface area contributed by atoms with Gasteiger partial charge in [0.2, 0.25) is 0 Å². The van der Waals surface area contributed by atoms with Crippen molar-refractivity contribution < 1.29 is 28.8 Å². The number of hydrogen-bond acceptors (Lipinski definition) is 5. The Labute approximate surface area is 124 Å². The van der Waals surface area contributed by atoms with Crippen molar-refractivity contribution in [3.05, 3.63) is 29.6 Å². The van der Waals surface area contributed by atoms with Crippen LogP contribution >= 0.6 is 0 Å². The largest absolute Gasteiger partial charge is 0.490 e. The third-order valence-electron chi connectivity index (χ3n) is 2.83. The molecule has 5 nitrogen and oxygen atoms in total. The van der Waals surface area contributed by atoms with E-state index in [1.54, 1.807) is 14.0 Å². The fourth-order valence-corrected chi connectivity index (χ4v) is 1.77. The molecule has 0 bridgehead atoms. The number of ether oxygens (including phenoxy) is 3. The Morgan fingerprint density at radius 3 is 2.48 bits per heavy atom. The van der Waals surface area contributed by atoms with E-state index in [9.17, 15) is 14.6 Å². The number of hydrogen-bond donors (Lipinski definition) is 2. The summed E-state index contributed by atoms with van der Waals surface area (Å²) in [5.41, 5.74) is 0.470. The molecular formula is C15H23FO5. The van der Waals surface area contributed by atoms with E-state index >= 15 is 0 Å². The van der Waals surface area contributed by atoms with Gasteiger partial charge < -0.3 is 24.4 Å². The van der Waals surface area contributed by atoms with Gasteiger partial charge >= 0.3 is 0 Å². The summed E-state index contributed by atoms with van der Waals surface area (Å²) >= 11 is 0. The lowest BCUT2D eigenvalue weighted by Crippen LogP contribution is -2.27. The van der Waals surface area contributed by atoms with Gasteiger partial charge in [-0.15, -0.1) is 0 Å². The fourth-order valence-electron chi connectivity index (χ4n) is 1.77. The number of methoxy groups -OCH3 is 1. The molecule has 1 aromatic carbocycles. The van der Waals surface area contributed by atoms with E-state index in [1.165, 1.54) is 18.2 Å². The summed E-state index contributed by atoms with van der Waals surface area (Å²) in [6.45, 7) is 3.86. The first-order valence-corrected chi connectivity index (χ1v) is 6.83. The smallest absolute Gasteiger partial charge is 0.128 e. The lowest BCUT2D eigenvalue weighted by molar-refractivity contribution is -0.0425. The molecule has 0 aromatic heterocycles. The van der Waals surface area contributed by atoms with Crippen LogP contribution in [0.3, 0.4) is 0 Å². The zero-order chi connectivity index (χ0) is 15.8. The van der Waals surface area contributed by atoms with E-state index in [1.807, 2.05) is 6.92 Å². The highest BCUT2D eigenvalue weighted by atomic mass is 19.1. The summed E-state index contributed by atoms with van der Waals surface area (Å²) in [5, 5.41) is 19.4. The Kier molecular flexibility index (Phi) is 7.60. The van der Waals surface area contributed by atoms with Gasteiger partial charge in [-0.1, -0.05) is 0 Å². The van der Waals surface area contributed by atoms with Gasteiger partial charge in [0.05, 0.1) is 25.4 Å². The first-order valence-electron chi connectivity index (χ1n) is 6.83. The molecule has 0 aliphatic rings. The molecule has 0 spiro atoms. The van der Waals surface area contributed by atoms with Crippen molar-refractivity contribution in [3.63, 3.8) is 0 Å². The number of rotatable bonds is 9. The van der Waals surface area contributed by atoms with Crippen molar-refractivity contribution in [2.24, 2.45) is 0 Å². The Bertz CT molecular complexity index is 425. The van der Waals surface area contributed by atoms with Crippen LogP contribution in [0.5, 0.6) is 5.75 Å². The maximum atomic E-state index is 13.2. The number of aliphatic hydroxyl groups excluding tert-OH is 2. The predicted octanol–water partition coefficient (Wildman–Crippen LogP) is 1.67. The second kappa shape index (κ2) is 8.94. The molecule has 0 saturated heterocycles. The lowest BCUT2D eigenvalue weighted by Gasteiger charge is -2.18. The third-order valence-corrected chi connectivity index (χ3v) is 2.83. The molecule has 3 atom stereocenters. The number of aliphatic hydroxyl groups is 2. The molecule has 0 heterocycles. The zero-order valence-corrected chi connectivity index (χ0v) is 12.6. The van der Waals surface area contributed by atoms with Crippen molar-refractivity contribution in [3.8, 4) is 5.75 Å². The van der Waals surface area contributed by atoms with Crippen LogP contribution in [0, 0.1) is 5.82 Å². The van der Waals surface area contributed by atoms with E-state index in [4.69, 9.17) is 14.2 Å². The highest BCUT2D eigenvalue weighted by Crippen LogP contribution is 2.26. The average molecular weight is 302 g/mol. The molecule has 21 heavy (non-hydrogen) atoms. The van der Waals surface area contributed by atoms with Crippen LogP contribution in [0.25, 0.3) is 0 Å². The van der Waals surface area contributed by atoms with Gasteiger partial charge in [-0.2, -0.15) is 0 Å². The van der Waals surface area contributed by atoms with Crippen LogP contribution in [0.4, 0.5) is 4.39 Å². The molecule has 3 unspecified atom stereocenters. The third kappa shape index (κ3) is 6.39. The topological polar surface area (TPSA) is 68.2 Å². The summed E-state index contributed by atoms with van der Waals surface area (Å²) < 4.78 is 28.9. The average Bonchev–Trinajstić information content (AvgIpc) is 2.43. The maximum Gasteiger partial charge on any atom is 0.128 e. The minimum absolute atomic E-state index is 0.0527. The van der Waals surface area contributed by atoms with Crippen LogP contribution in [-0.2, 0) is 9.47 Å². The summed E-state index contributed by atoms with van der Waals surface area (Å²) in [4.78, 5) is 0. The molecule has 120 valence electrons. The van der Waals surface area contributed by atoms with E-state index in [0.717, 1.165) is 0 Å². The first-order chi connectivity index (χ1) is 9.93. The minimum atomic E-state index is -0.852. The molecule has 0 amide bonds. The standard InChI is InChI=1S/C15H23FO5/c1-10(7-19-3)20-8-13(18)9-21-15-6-12(16)4-5-14(15)11(2)17/h4-6,10-11,13,17-18H,7-9H2,1-3H3. The van der Waals surface area contributed by atoms with Crippen molar-refractivity contribution in [1.29, 1.82) is 0 Å². The van der Waals surface area contributed by atoms with Crippen molar-refractivity contribution in [1.82, 2.24) is 0 Å². The Morgan fingerprint density at radius 2 is 1.86 bits per heavy atom. The van der Waals surface area contributed by atoms with E-state index < -0.39 is 18.0 Å². The van der Waals surface area contributed by atoms with Crippen molar-refractivity contribution in [2.75, 3.05) is 26.9 Å². The van der Waals surface area contributed by atoms with Gasteiger partial charge in [0.15, 0.2) is 0 Å². The van der Waals surface area contributed by atoms with Crippen LogP contribution < -0.4 is 4.74 Å².